The number of hydrogen-bond donors (Lipinski definition) is 3. The molecule has 4 N–H and O–H groups in total. The summed E-state index contributed by atoms with van der Waals surface area (Å²) in [5.74, 6) is -0.121. The lowest BCUT2D eigenvalue weighted by molar-refractivity contribution is 0.265. The molecular formula is C9H13NO4S. The van der Waals surface area contributed by atoms with Crippen molar-refractivity contribution < 1.29 is 18.6 Å². The third-order valence-corrected chi connectivity index (χ3v) is 3.13. The molecule has 0 spiro atoms. The summed E-state index contributed by atoms with van der Waals surface area (Å²) in [6.07, 6.45) is 1.06. The molecule has 1 aromatic carbocycles. The van der Waals surface area contributed by atoms with Crippen LogP contribution in [0.5, 0.6) is 5.75 Å². The van der Waals surface area contributed by atoms with Gasteiger partial charge in [-0.3, -0.25) is 0 Å². The highest BCUT2D eigenvalue weighted by atomic mass is 32.2. The van der Waals surface area contributed by atoms with Gasteiger partial charge in [0, 0.05) is 11.8 Å². The van der Waals surface area contributed by atoms with E-state index in [1.165, 1.54) is 18.2 Å². The Hall–Kier alpha value is -1.11. The zero-order valence-corrected chi connectivity index (χ0v) is 9.03. The molecule has 6 heteroatoms. The number of aromatic hydroxyl groups is 1. The fourth-order valence-corrected chi connectivity index (χ4v) is 1.81. The number of aliphatic hydroxyl groups is 1. The summed E-state index contributed by atoms with van der Waals surface area (Å²) in [5, 5.41) is 18.2. The molecule has 15 heavy (non-hydrogen) atoms. The second-order valence-corrected chi connectivity index (χ2v) is 5.30. The molecular weight excluding hydrogens is 218 g/mol. The van der Waals surface area contributed by atoms with Crippen LogP contribution in [-0.2, 0) is 9.84 Å². The zero-order valence-electron chi connectivity index (χ0n) is 8.21. The van der Waals surface area contributed by atoms with Crippen LogP contribution in [0.2, 0.25) is 0 Å². The number of aliphatic hydroxyl groups excluding tert-OH is 1. The van der Waals surface area contributed by atoms with Crippen LogP contribution >= 0.6 is 0 Å². The maximum Gasteiger partial charge on any atom is 0.175 e. The summed E-state index contributed by atoms with van der Waals surface area (Å²) in [4.78, 5) is 0.0687. The van der Waals surface area contributed by atoms with E-state index in [4.69, 9.17) is 10.8 Å². The van der Waals surface area contributed by atoms with E-state index in [9.17, 15) is 13.5 Å². The SMILES string of the molecule is CS(=O)(=O)c1ccc(O)c([C@@H](N)CO)c1. The molecule has 0 fully saturated rings. The van der Waals surface area contributed by atoms with Crippen LogP contribution in [0.15, 0.2) is 23.1 Å². The van der Waals surface area contributed by atoms with Crippen LogP contribution in [-0.4, -0.2) is 31.5 Å². The summed E-state index contributed by atoms with van der Waals surface area (Å²) < 4.78 is 22.4. The highest BCUT2D eigenvalue weighted by molar-refractivity contribution is 7.90. The Kier molecular flexibility index (Phi) is 3.33. The molecule has 0 aliphatic carbocycles. The van der Waals surface area contributed by atoms with Crippen LogP contribution in [0.3, 0.4) is 0 Å². The Morgan fingerprint density at radius 3 is 2.53 bits per heavy atom. The third-order valence-electron chi connectivity index (χ3n) is 2.02. The fraction of sp³-hybridized carbons (Fsp3) is 0.333. The van der Waals surface area contributed by atoms with E-state index in [1.54, 1.807) is 0 Å². The topological polar surface area (TPSA) is 101 Å². The van der Waals surface area contributed by atoms with Crippen molar-refractivity contribution in [2.45, 2.75) is 10.9 Å². The molecule has 0 aliphatic heterocycles. The Balaban J connectivity index is 3.29. The second-order valence-electron chi connectivity index (χ2n) is 3.28. The Labute approximate surface area is 88.1 Å². The van der Waals surface area contributed by atoms with Crippen LogP contribution in [0.1, 0.15) is 11.6 Å². The van der Waals surface area contributed by atoms with Crippen molar-refractivity contribution in [3.63, 3.8) is 0 Å². The lowest BCUT2D eigenvalue weighted by Gasteiger charge is -2.11. The predicted octanol–water partition coefficient (Wildman–Crippen LogP) is -0.212. The number of benzene rings is 1. The van der Waals surface area contributed by atoms with Crippen molar-refractivity contribution >= 4 is 9.84 Å². The summed E-state index contributed by atoms with van der Waals surface area (Å²) in [6, 6.07) is 3.03. The van der Waals surface area contributed by atoms with Crippen molar-refractivity contribution in [3.05, 3.63) is 23.8 Å². The third kappa shape index (κ3) is 2.68. The largest absolute Gasteiger partial charge is 0.508 e. The predicted molar refractivity (Wildman–Crippen MR) is 55.2 cm³/mol. The number of rotatable bonds is 3. The lowest BCUT2D eigenvalue weighted by atomic mass is 10.1. The molecule has 0 saturated heterocycles. The van der Waals surface area contributed by atoms with E-state index in [0.717, 1.165) is 6.26 Å². The van der Waals surface area contributed by atoms with E-state index < -0.39 is 15.9 Å². The summed E-state index contributed by atoms with van der Waals surface area (Å²) >= 11 is 0. The minimum Gasteiger partial charge on any atom is -0.508 e. The fourth-order valence-electron chi connectivity index (χ4n) is 1.16. The van der Waals surface area contributed by atoms with E-state index >= 15 is 0 Å². The molecule has 0 heterocycles. The van der Waals surface area contributed by atoms with Gasteiger partial charge in [-0.05, 0) is 18.2 Å². The molecule has 1 atom stereocenters. The van der Waals surface area contributed by atoms with Gasteiger partial charge in [-0.25, -0.2) is 8.42 Å². The van der Waals surface area contributed by atoms with Gasteiger partial charge in [0.25, 0.3) is 0 Å². The summed E-state index contributed by atoms with van der Waals surface area (Å²) in [7, 11) is -3.33. The maximum absolute atomic E-state index is 11.2. The molecule has 0 aromatic heterocycles. The lowest BCUT2D eigenvalue weighted by Crippen LogP contribution is -2.15. The zero-order chi connectivity index (χ0) is 11.6. The smallest absolute Gasteiger partial charge is 0.175 e. The molecule has 0 saturated carbocycles. The summed E-state index contributed by atoms with van der Waals surface area (Å²) in [6.45, 7) is -0.360. The van der Waals surface area contributed by atoms with E-state index in [-0.39, 0.29) is 22.8 Å². The Morgan fingerprint density at radius 2 is 2.07 bits per heavy atom. The molecule has 1 rings (SSSR count). The van der Waals surface area contributed by atoms with Crippen molar-refractivity contribution in [1.29, 1.82) is 0 Å². The van der Waals surface area contributed by atoms with Gasteiger partial charge in [-0.15, -0.1) is 0 Å². The van der Waals surface area contributed by atoms with Crippen molar-refractivity contribution in [2.24, 2.45) is 5.73 Å². The quantitative estimate of drug-likeness (QED) is 0.668. The van der Waals surface area contributed by atoms with Gasteiger partial charge in [-0.2, -0.15) is 0 Å². The molecule has 5 nitrogen and oxygen atoms in total. The van der Waals surface area contributed by atoms with Crippen molar-refractivity contribution in [2.75, 3.05) is 12.9 Å². The van der Waals surface area contributed by atoms with Crippen molar-refractivity contribution in [3.8, 4) is 5.75 Å². The van der Waals surface area contributed by atoms with E-state index in [0.29, 0.717) is 0 Å². The van der Waals surface area contributed by atoms with Gasteiger partial charge in [-0.1, -0.05) is 0 Å². The van der Waals surface area contributed by atoms with E-state index in [1.807, 2.05) is 0 Å². The number of hydrogen-bond acceptors (Lipinski definition) is 5. The van der Waals surface area contributed by atoms with Gasteiger partial charge in [0.05, 0.1) is 17.5 Å². The summed E-state index contributed by atoms with van der Waals surface area (Å²) in [5.41, 5.74) is 5.73. The molecule has 0 amide bonds. The van der Waals surface area contributed by atoms with Gasteiger partial charge in [0.1, 0.15) is 5.75 Å². The number of phenolic OH excluding ortho intramolecular Hbond substituents is 1. The maximum atomic E-state index is 11.2. The number of nitrogens with two attached hydrogens (primary N) is 1. The van der Waals surface area contributed by atoms with Crippen LogP contribution < -0.4 is 5.73 Å². The van der Waals surface area contributed by atoms with Gasteiger partial charge in [0.2, 0.25) is 0 Å². The van der Waals surface area contributed by atoms with Gasteiger partial charge < -0.3 is 15.9 Å². The first-order valence-electron chi connectivity index (χ1n) is 4.25. The van der Waals surface area contributed by atoms with Gasteiger partial charge in [0.15, 0.2) is 9.84 Å². The highest BCUT2D eigenvalue weighted by Crippen LogP contribution is 2.25. The number of sulfone groups is 1. The van der Waals surface area contributed by atoms with E-state index in [2.05, 4.69) is 0 Å². The molecule has 84 valence electrons. The Morgan fingerprint density at radius 1 is 1.47 bits per heavy atom. The molecule has 0 unspecified atom stereocenters. The van der Waals surface area contributed by atoms with Crippen LogP contribution in [0.25, 0.3) is 0 Å². The second kappa shape index (κ2) is 4.18. The van der Waals surface area contributed by atoms with Gasteiger partial charge >= 0.3 is 0 Å². The number of phenols is 1. The first-order valence-corrected chi connectivity index (χ1v) is 6.15. The molecule has 1 aromatic rings. The minimum atomic E-state index is -3.33. The average molecular weight is 231 g/mol. The first kappa shape index (κ1) is 12.0. The molecule has 0 radical (unpaired) electrons. The molecule has 0 aliphatic rings. The highest BCUT2D eigenvalue weighted by Gasteiger charge is 2.14. The standard InChI is InChI=1S/C9H13NO4S/c1-15(13,14)6-2-3-9(12)7(4-6)8(10)5-11/h2-4,8,11-12H,5,10H2,1H3/t8-/m0/s1. The normalized spacial score (nSPS) is 13.8. The molecule has 0 bridgehead atoms. The Bertz CT molecular complexity index is 455. The average Bonchev–Trinajstić information content (AvgIpc) is 2.15. The monoisotopic (exact) mass is 231 g/mol. The van der Waals surface area contributed by atoms with Crippen molar-refractivity contribution in [1.82, 2.24) is 0 Å². The first-order chi connectivity index (χ1) is 6.86. The minimum absolute atomic E-state index is 0.0687. The van der Waals surface area contributed by atoms with Crippen LogP contribution in [0, 0.1) is 0 Å². The van der Waals surface area contributed by atoms with Crippen LogP contribution in [0.4, 0.5) is 0 Å².